The van der Waals surface area contributed by atoms with Crippen LogP contribution in [0, 0.1) is 0 Å². The van der Waals surface area contributed by atoms with Gasteiger partial charge in [0.15, 0.2) is 17.6 Å². The minimum Gasteiger partial charge on any atom is -0.486 e. The van der Waals surface area contributed by atoms with E-state index in [0.717, 1.165) is 50.2 Å². The summed E-state index contributed by atoms with van der Waals surface area (Å²) in [6.45, 7) is 5.69. The maximum absolute atomic E-state index is 6.06. The lowest BCUT2D eigenvalue weighted by Crippen LogP contribution is -3.16. The van der Waals surface area contributed by atoms with Gasteiger partial charge in [-0.3, -0.25) is 0 Å². The van der Waals surface area contributed by atoms with E-state index in [2.05, 4.69) is 14.9 Å². The van der Waals surface area contributed by atoms with E-state index in [0.29, 0.717) is 6.61 Å². The van der Waals surface area contributed by atoms with Crippen molar-refractivity contribution in [3.8, 4) is 11.5 Å². The first-order valence-corrected chi connectivity index (χ1v) is 8.12. The fraction of sp³-hybridized carbons (Fsp3) is 0.412. The number of ether oxygens (including phenoxy) is 2. The monoisotopic (exact) mass is 313 g/mol. The molecule has 6 heteroatoms. The van der Waals surface area contributed by atoms with Crippen LogP contribution in [0.5, 0.6) is 11.5 Å². The van der Waals surface area contributed by atoms with Gasteiger partial charge < -0.3 is 19.3 Å². The predicted octanol–water partition coefficient (Wildman–Crippen LogP) is 0.0215. The van der Waals surface area contributed by atoms with Gasteiger partial charge in [0.25, 0.3) is 0 Å². The molecule has 1 saturated heterocycles. The molecule has 0 spiro atoms. The van der Waals surface area contributed by atoms with Gasteiger partial charge in [0.05, 0.1) is 26.2 Å². The second-order valence-electron chi connectivity index (χ2n) is 5.99. The molecule has 2 aromatic rings. The zero-order valence-electron chi connectivity index (χ0n) is 13.0. The molecule has 0 saturated carbocycles. The quantitative estimate of drug-likeness (QED) is 0.866. The number of hydrogen-bond donors (Lipinski definition) is 1. The molecule has 0 unspecified atom stereocenters. The molecule has 2 aliphatic heterocycles. The van der Waals surface area contributed by atoms with E-state index in [-0.39, 0.29) is 6.10 Å². The zero-order valence-corrected chi connectivity index (χ0v) is 13.0. The highest BCUT2D eigenvalue weighted by Gasteiger charge is 2.28. The van der Waals surface area contributed by atoms with Crippen LogP contribution in [-0.4, -0.2) is 55.4 Å². The van der Waals surface area contributed by atoms with Crippen LogP contribution in [0.1, 0.15) is 0 Å². The molecule has 1 aromatic heterocycles. The predicted molar refractivity (Wildman–Crippen MR) is 86.2 cm³/mol. The van der Waals surface area contributed by atoms with Crippen molar-refractivity contribution in [2.75, 3.05) is 44.2 Å². The molecule has 1 aromatic carbocycles. The molecule has 0 amide bonds. The van der Waals surface area contributed by atoms with Crippen molar-refractivity contribution in [3.63, 3.8) is 0 Å². The topological polar surface area (TPSA) is 51.9 Å². The Morgan fingerprint density at radius 1 is 1.04 bits per heavy atom. The second-order valence-corrected chi connectivity index (χ2v) is 5.99. The van der Waals surface area contributed by atoms with Crippen LogP contribution in [0.2, 0.25) is 0 Å². The third-order valence-corrected chi connectivity index (χ3v) is 4.39. The molecule has 6 nitrogen and oxygen atoms in total. The number of rotatable bonds is 3. The third-order valence-electron chi connectivity index (χ3n) is 4.39. The fourth-order valence-corrected chi connectivity index (χ4v) is 3.17. The summed E-state index contributed by atoms with van der Waals surface area (Å²) in [5, 5.41) is 0. The van der Waals surface area contributed by atoms with Gasteiger partial charge in [0.1, 0.15) is 13.2 Å². The van der Waals surface area contributed by atoms with Gasteiger partial charge in [0.2, 0.25) is 5.95 Å². The van der Waals surface area contributed by atoms with Crippen LogP contribution in [0.4, 0.5) is 5.95 Å². The van der Waals surface area contributed by atoms with Crippen LogP contribution in [0.15, 0.2) is 42.7 Å². The van der Waals surface area contributed by atoms with Crippen molar-refractivity contribution >= 4 is 5.95 Å². The number of piperazine rings is 1. The minimum atomic E-state index is 0.124. The number of para-hydroxylation sites is 2. The zero-order chi connectivity index (χ0) is 15.5. The van der Waals surface area contributed by atoms with E-state index in [4.69, 9.17) is 9.47 Å². The number of aromatic nitrogens is 2. The number of fused-ring (bicyclic) bond motifs is 1. The summed E-state index contributed by atoms with van der Waals surface area (Å²) in [6.07, 6.45) is 3.72. The first-order valence-electron chi connectivity index (χ1n) is 8.12. The Balaban J connectivity index is 1.30. The number of nitrogens with zero attached hydrogens (tertiary/aromatic N) is 3. The van der Waals surface area contributed by atoms with E-state index in [1.165, 1.54) is 0 Å². The summed E-state index contributed by atoms with van der Waals surface area (Å²) in [5.74, 6) is 2.54. The number of quaternary nitrogens is 1. The van der Waals surface area contributed by atoms with E-state index in [1.54, 1.807) is 17.3 Å². The molecular formula is C17H21N4O2+. The molecule has 1 N–H and O–H groups in total. The van der Waals surface area contributed by atoms with Crippen molar-refractivity contribution in [2.45, 2.75) is 6.10 Å². The summed E-state index contributed by atoms with van der Waals surface area (Å²) in [6, 6.07) is 9.73. The lowest BCUT2D eigenvalue weighted by atomic mass is 10.2. The van der Waals surface area contributed by atoms with Crippen molar-refractivity contribution < 1.29 is 14.4 Å². The summed E-state index contributed by atoms with van der Waals surface area (Å²) in [7, 11) is 0. The molecule has 1 atom stereocenters. The lowest BCUT2D eigenvalue weighted by molar-refractivity contribution is -0.903. The number of benzene rings is 1. The normalized spacial score (nSPS) is 21.2. The highest BCUT2D eigenvalue weighted by Crippen LogP contribution is 2.30. The number of anilines is 1. The van der Waals surface area contributed by atoms with Crippen LogP contribution in [-0.2, 0) is 0 Å². The van der Waals surface area contributed by atoms with E-state index < -0.39 is 0 Å². The Bertz CT molecular complexity index is 644. The van der Waals surface area contributed by atoms with Crippen molar-refractivity contribution in [1.29, 1.82) is 0 Å². The SMILES string of the molecule is c1cnc(N2CC[NH+](C[C@H]3COc4ccccc4O3)CC2)nc1. The number of hydrogen-bond acceptors (Lipinski definition) is 5. The maximum atomic E-state index is 6.06. The van der Waals surface area contributed by atoms with Crippen LogP contribution < -0.4 is 19.3 Å². The first-order chi connectivity index (χ1) is 11.4. The van der Waals surface area contributed by atoms with E-state index in [9.17, 15) is 0 Å². The molecule has 2 aliphatic rings. The summed E-state index contributed by atoms with van der Waals surface area (Å²) >= 11 is 0. The Kier molecular flexibility index (Phi) is 3.98. The molecule has 3 heterocycles. The van der Waals surface area contributed by atoms with E-state index in [1.807, 2.05) is 30.3 Å². The Morgan fingerprint density at radius 3 is 2.57 bits per heavy atom. The van der Waals surface area contributed by atoms with Gasteiger partial charge in [-0.2, -0.15) is 0 Å². The molecule has 0 aliphatic carbocycles. The first kappa shape index (κ1) is 14.3. The Morgan fingerprint density at radius 2 is 1.78 bits per heavy atom. The molecule has 1 fully saturated rings. The summed E-state index contributed by atoms with van der Waals surface area (Å²) < 4.78 is 11.9. The van der Waals surface area contributed by atoms with Gasteiger partial charge in [-0.05, 0) is 18.2 Å². The molecule has 4 rings (SSSR count). The highest BCUT2D eigenvalue weighted by molar-refractivity contribution is 5.40. The Hall–Kier alpha value is -2.34. The van der Waals surface area contributed by atoms with Crippen molar-refractivity contribution in [2.24, 2.45) is 0 Å². The average molecular weight is 313 g/mol. The third kappa shape index (κ3) is 3.22. The highest BCUT2D eigenvalue weighted by atomic mass is 16.6. The lowest BCUT2D eigenvalue weighted by Gasteiger charge is -2.35. The van der Waals surface area contributed by atoms with Gasteiger partial charge in [0, 0.05) is 12.4 Å². The van der Waals surface area contributed by atoms with Crippen LogP contribution in [0.3, 0.4) is 0 Å². The van der Waals surface area contributed by atoms with Crippen LogP contribution >= 0.6 is 0 Å². The average Bonchev–Trinajstić information content (AvgIpc) is 2.63. The summed E-state index contributed by atoms with van der Waals surface area (Å²) in [5.41, 5.74) is 0. The van der Waals surface area contributed by atoms with Gasteiger partial charge >= 0.3 is 0 Å². The van der Waals surface area contributed by atoms with Gasteiger partial charge in [-0.25, -0.2) is 9.97 Å². The van der Waals surface area contributed by atoms with Gasteiger partial charge in [-0.15, -0.1) is 0 Å². The molecule has 0 radical (unpaired) electrons. The molecular weight excluding hydrogens is 292 g/mol. The Labute approximate surface area is 135 Å². The molecule has 23 heavy (non-hydrogen) atoms. The molecule has 120 valence electrons. The second kappa shape index (κ2) is 6.42. The maximum Gasteiger partial charge on any atom is 0.225 e. The fourth-order valence-electron chi connectivity index (χ4n) is 3.17. The summed E-state index contributed by atoms with van der Waals surface area (Å²) in [4.78, 5) is 12.5. The van der Waals surface area contributed by atoms with E-state index >= 15 is 0 Å². The molecule has 0 bridgehead atoms. The number of nitrogens with one attached hydrogen (secondary N) is 1. The van der Waals surface area contributed by atoms with Crippen LogP contribution in [0.25, 0.3) is 0 Å². The van der Waals surface area contributed by atoms with Crippen molar-refractivity contribution in [3.05, 3.63) is 42.7 Å². The standard InChI is InChI=1S/C17H20N4O2/c1-2-5-16-15(4-1)22-13-14(23-16)12-20-8-10-21(11-9-20)17-18-6-3-7-19-17/h1-7,14H,8-13H2/p+1/t14-/m0/s1. The van der Waals surface area contributed by atoms with Crippen molar-refractivity contribution in [1.82, 2.24) is 9.97 Å². The smallest absolute Gasteiger partial charge is 0.225 e. The minimum absolute atomic E-state index is 0.124. The largest absolute Gasteiger partial charge is 0.486 e. The van der Waals surface area contributed by atoms with Gasteiger partial charge in [-0.1, -0.05) is 12.1 Å².